The fourth-order valence-corrected chi connectivity index (χ4v) is 5.96. The molecule has 0 aliphatic carbocycles. The number of hydrogen-bond donors (Lipinski definition) is 1. The summed E-state index contributed by atoms with van der Waals surface area (Å²) in [4.78, 5) is 28.3. The molecule has 4 rings (SSSR count). The van der Waals surface area contributed by atoms with E-state index in [1.807, 2.05) is 16.7 Å². The van der Waals surface area contributed by atoms with Crippen LogP contribution < -0.4 is 4.74 Å². The molecule has 0 unspecified atom stereocenters. The average Bonchev–Trinajstić information content (AvgIpc) is 3.31. The highest BCUT2D eigenvalue weighted by Gasteiger charge is 2.31. The molecule has 0 atom stereocenters. The summed E-state index contributed by atoms with van der Waals surface area (Å²) in [5.41, 5.74) is 2.79. The number of carboxylic acid groups (broad SMARTS) is 1. The van der Waals surface area contributed by atoms with Crippen molar-refractivity contribution >= 4 is 22.4 Å². The Balaban J connectivity index is 1.66. The third-order valence-corrected chi connectivity index (χ3v) is 8.33. The molecule has 1 heterocycles. The number of aryl methyl sites for hydroxylation is 1. The van der Waals surface area contributed by atoms with E-state index in [0.717, 1.165) is 30.5 Å². The molecule has 0 bridgehead atoms. The zero-order valence-corrected chi connectivity index (χ0v) is 23.2. The second kappa shape index (κ2) is 12.6. The molecule has 10 heteroatoms. The molecule has 3 aromatic carbocycles. The first-order chi connectivity index (χ1) is 19.3. The highest BCUT2D eigenvalue weighted by molar-refractivity contribution is 7.89. The lowest BCUT2D eigenvalue weighted by Gasteiger charge is -2.21. The average molecular weight is 562 g/mol. The topological polar surface area (TPSA) is 119 Å². The normalized spacial score (nSPS) is 11.2. The summed E-state index contributed by atoms with van der Waals surface area (Å²) in [6.07, 6.45) is 1.77. The van der Waals surface area contributed by atoms with Crippen LogP contribution in [0.3, 0.4) is 0 Å². The minimum absolute atomic E-state index is 0.106. The van der Waals surface area contributed by atoms with Crippen LogP contribution in [0.5, 0.6) is 5.88 Å². The monoisotopic (exact) mass is 561 g/mol. The van der Waals surface area contributed by atoms with E-state index in [2.05, 4.69) is 11.9 Å². The summed E-state index contributed by atoms with van der Waals surface area (Å²) in [7, 11) is -2.91. The molecule has 0 fully saturated rings. The molecule has 0 saturated carbocycles. The van der Waals surface area contributed by atoms with E-state index < -0.39 is 16.1 Å². The Morgan fingerprint density at radius 2 is 1.68 bits per heavy atom. The number of aldehydes is 1. The summed E-state index contributed by atoms with van der Waals surface area (Å²) in [5.74, 6) is 1.05. The van der Waals surface area contributed by atoms with Crippen molar-refractivity contribution in [3.63, 3.8) is 0 Å². The van der Waals surface area contributed by atoms with E-state index in [9.17, 15) is 23.1 Å². The highest BCUT2D eigenvalue weighted by Crippen LogP contribution is 2.31. The van der Waals surface area contributed by atoms with E-state index in [-0.39, 0.29) is 17.3 Å². The van der Waals surface area contributed by atoms with Crippen molar-refractivity contribution in [3.05, 3.63) is 102 Å². The lowest BCUT2D eigenvalue weighted by atomic mass is 10.0. The summed E-state index contributed by atoms with van der Waals surface area (Å²) in [6, 6.07) is 22.2. The van der Waals surface area contributed by atoms with Gasteiger partial charge in [-0.3, -0.25) is 4.79 Å². The van der Waals surface area contributed by atoms with Crippen molar-refractivity contribution < 1.29 is 27.9 Å². The summed E-state index contributed by atoms with van der Waals surface area (Å²) in [6.45, 7) is 2.16. The van der Waals surface area contributed by atoms with Crippen LogP contribution in [0.2, 0.25) is 0 Å². The molecular weight excluding hydrogens is 530 g/mol. The molecular formula is C30H31N3O6S. The van der Waals surface area contributed by atoms with Gasteiger partial charge in [0.05, 0.1) is 18.6 Å². The van der Waals surface area contributed by atoms with Gasteiger partial charge in [0.1, 0.15) is 11.5 Å². The van der Waals surface area contributed by atoms with Gasteiger partial charge >= 0.3 is 6.09 Å². The number of rotatable bonds is 12. The summed E-state index contributed by atoms with van der Waals surface area (Å²) < 4.78 is 34.8. The van der Waals surface area contributed by atoms with Gasteiger partial charge in [0, 0.05) is 18.5 Å². The Morgan fingerprint density at radius 1 is 1.00 bits per heavy atom. The number of imidazole rings is 1. The number of benzene rings is 3. The minimum atomic E-state index is -4.39. The van der Waals surface area contributed by atoms with Gasteiger partial charge in [0.2, 0.25) is 5.88 Å². The zero-order chi connectivity index (χ0) is 28.7. The third kappa shape index (κ3) is 6.07. The predicted octanol–water partition coefficient (Wildman–Crippen LogP) is 5.63. The standard InChI is InChI=1S/C30H31N3O6S/c1-3-4-14-28-31-29(39-2)26(21-34)32(28)19-23-15-17-24(18-16-23)25-12-8-9-13-27(25)40(37,38)33(30(35)36)20-22-10-6-5-7-11-22/h5-13,15-18,21H,3-4,14,19-20H2,1-2H3,(H,35,36). The Labute approximate surface area is 233 Å². The van der Waals surface area contributed by atoms with Crippen LogP contribution in [-0.4, -0.2) is 46.9 Å². The van der Waals surface area contributed by atoms with Gasteiger partial charge in [-0.1, -0.05) is 86.1 Å². The van der Waals surface area contributed by atoms with Crippen LogP contribution in [0.25, 0.3) is 11.1 Å². The number of amides is 1. The van der Waals surface area contributed by atoms with Crippen molar-refractivity contribution in [3.8, 4) is 17.0 Å². The number of sulfonamides is 1. The molecule has 1 N–H and O–H groups in total. The zero-order valence-electron chi connectivity index (χ0n) is 22.4. The molecule has 9 nitrogen and oxygen atoms in total. The molecule has 0 saturated heterocycles. The lowest BCUT2D eigenvalue weighted by Crippen LogP contribution is -2.35. The second-order valence-corrected chi connectivity index (χ2v) is 11.0. The number of unbranched alkanes of at least 4 members (excludes halogenated alkanes) is 1. The third-order valence-electron chi connectivity index (χ3n) is 6.55. The fourth-order valence-electron chi connectivity index (χ4n) is 4.48. The fraction of sp³-hybridized carbons (Fsp3) is 0.233. The van der Waals surface area contributed by atoms with Crippen molar-refractivity contribution in [1.29, 1.82) is 0 Å². The number of aromatic nitrogens is 2. The molecule has 0 aliphatic heterocycles. The molecule has 40 heavy (non-hydrogen) atoms. The quantitative estimate of drug-likeness (QED) is 0.223. The molecule has 0 aliphatic rings. The van der Waals surface area contributed by atoms with E-state index in [4.69, 9.17) is 4.74 Å². The van der Waals surface area contributed by atoms with E-state index in [1.54, 1.807) is 60.7 Å². The number of nitrogens with zero attached hydrogens (tertiary/aromatic N) is 3. The minimum Gasteiger partial charge on any atom is -0.479 e. The van der Waals surface area contributed by atoms with E-state index >= 15 is 0 Å². The van der Waals surface area contributed by atoms with Gasteiger partial charge in [0.25, 0.3) is 10.0 Å². The second-order valence-electron chi connectivity index (χ2n) is 9.20. The summed E-state index contributed by atoms with van der Waals surface area (Å²) >= 11 is 0. The van der Waals surface area contributed by atoms with E-state index in [1.165, 1.54) is 13.2 Å². The van der Waals surface area contributed by atoms with Gasteiger partial charge in [-0.2, -0.15) is 9.29 Å². The molecule has 1 aromatic heterocycles. The first-order valence-corrected chi connectivity index (χ1v) is 14.3. The van der Waals surface area contributed by atoms with Gasteiger partial charge in [-0.25, -0.2) is 13.2 Å². The maximum atomic E-state index is 13.6. The Kier molecular flexibility index (Phi) is 9.00. The van der Waals surface area contributed by atoms with Crippen LogP contribution in [0.1, 0.15) is 47.2 Å². The highest BCUT2D eigenvalue weighted by atomic mass is 32.2. The van der Waals surface area contributed by atoms with Crippen LogP contribution in [0.15, 0.2) is 83.8 Å². The first kappa shape index (κ1) is 28.6. The Morgan fingerprint density at radius 3 is 2.30 bits per heavy atom. The van der Waals surface area contributed by atoms with Crippen molar-refractivity contribution in [1.82, 2.24) is 13.9 Å². The molecule has 1 amide bonds. The Hall–Kier alpha value is -4.44. The largest absolute Gasteiger partial charge is 0.479 e. The summed E-state index contributed by atoms with van der Waals surface area (Å²) in [5, 5.41) is 9.81. The van der Waals surface area contributed by atoms with Gasteiger partial charge < -0.3 is 14.4 Å². The van der Waals surface area contributed by atoms with E-state index in [0.29, 0.717) is 39.7 Å². The van der Waals surface area contributed by atoms with Gasteiger partial charge in [0.15, 0.2) is 6.29 Å². The first-order valence-electron chi connectivity index (χ1n) is 12.9. The van der Waals surface area contributed by atoms with Crippen LogP contribution in [0, 0.1) is 0 Å². The molecule has 208 valence electrons. The van der Waals surface area contributed by atoms with Crippen molar-refractivity contribution in [2.24, 2.45) is 0 Å². The maximum Gasteiger partial charge on any atom is 0.421 e. The van der Waals surface area contributed by atoms with Gasteiger partial charge in [-0.15, -0.1) is 0 Å². The van der Waals surface area contributed by atoms with Crippen LogP contribution >= 0.6 is 0 Å². The SMILES string of the molecule is CCCCc1nc(OC)c(C=O)n1Cc1ccc(-c2ccccc2S(=O)(=O)N(Cc2ccccc2)C(=O)O)cc1. The Bertz CT molecular complexity index is 1580. The molecule has 0 spiro atoms. The maximum absolute atomic E-state index is 13.6. The van der Waals surface area contributed by atoms with Crippen molar-refractivity contribution in [2.45, 2.75) is 44.2 Å². The van der Waals surface area contributed by atoms with Crippen LogP contribution in [-0.2, 0) is 29.5 Å². The number of ether oxygens (including phenoxy) is 1. The van der Waals surface area contributed by atoms with Crippen LogP contribution in [0.4, 0.5) is 4.79 Å². The number of carbonyl (C=O) groups is 2. The van der Waals surface area contributed by atoms with Gasteiger partial charge in [-0.05, 0) is 29.2 Å². The predicted molar refractivity (Wildman–Crippen MR) is 151 cm³/mol. The lowest BCUT2D eigenvalue weighted by molar-refractivity contribution is 0.111. The number of hydrogen-bond acceptors (Lipinski definition) is 6. The number of carbonyl (C=O) groups excluding carboxylic acids is 1. The molecule has 4 aromatic rings. The molecule has 0 radical (unpaired) electrons. The van der Waals surface area contributed by atoms with Crippen molar-refractivity contribution in [2.75, 3.05) is 7.11 Å². The smallest absolute Gasteiger partial charge is 0.421 e. The number of methoxy groups -OCH3 is 1.